The standard InChI is InChI=1S/C18H17N3O3/c1-10-6-11(2)15-13(16(18(23)24)21-14(15)7-10)9-20-17(22)12-4-3-5-19-8-12/h3-8,21H,9H2,1-2H3,(H,20,22)(H,23,24). The topological polar surface area (TPSA) is 95.1 Å². The highest BCUT2D eigenvalue weighted by molar-refractivity contribution is 6.00. The molecule has 122 valence electrons. The summed E-state index contributed by atoms with van der Waals surface area (Å²) in [4.78, 5) is 30.6. The molecular weight excluding hydrogens is 306 g/mol. The summed E-state index contributed by atoms with van der Waals surface area (Å²) in [6.45, 7) is 4.01. The van der Waals surface area contributed by atoms with Gasteiger partial charge in [0.05, 0.1) is 5.56 Å². The van der Waals surface area contributed by atoms with Gasteiger partial charge in [-0.2, -0.15) is 0 Å². The molecule has 6 heteroatoms. The Morgan fingerprint density at radius 1 is 1.29 bits per heavy atom. The van der Waals surface area contributed by atoms with E-state index in [4.69, 9.17) is 0 Å². The third-order valence-electron chi connectivity index (χ3n) is 3.91. The molecule has 0 atom stereocenters. The molecular formula is C18H17N3O3. The number of aromatic carboxylic acids is 1. The van der Waals surface area contributed by atoms with Crippen LogP contribution in [0.25, 0.3) is 10.9 Å². The van der Waals surface area contributed by atoms with Crippen LogP contribution in [0.5, 0.6) is 0 Å². The summed E-state index contributed by atoms with van der Waals surface area (Å²) in [6.07, 6.45) is 3.06. The number of carboxylic acid groups (broad SMARTS) is 1. The highest BCUT2D eigenvalue weighted by Crippen LogP contribution is 2.27. The van der Waals surface area contributed by atoms with Gasteiger partial charge < -0.3 is 15.4 Å². The van der Waals surface area contributed by atoms with Crippen molar-refractivity contribution in [1.82, 2.24) is 15.3 Å². The van der Waals surface area contributed by atoms with Gasteiger partial charge in [-0.3, -0.25) is 9.78 Å². The second-order valence-corrected chi connectivity index (χ2v) is 5.71. The predicted molar refractivity (Wildman–Crippen MR) is 90.1 cm³/mol. The van der Waals surface area contributed by atoms with Gasteiger partial charge in [-0.25, -0.2) is 4.79 Å². The second kappa shape index (κ2) is 6.16. The first-order valence-electron chi connectivity index (χ1n) is 7.50. The van der Waals surface area contributed by atoms with E-state index in [0.717, 1.165) is 22.0 Å². The average molecular weight is 323 g/mol. The maximum Gasteiger partial charge on any atom is 0.352 e. The maximum atomic E-state index is 12.2. The highest BCUT2D eigenvalue weighted by Gasteiger charge is 2.19. The number of carbonyl (C=O) groups excluding carboxylic acids is 1. The van der Waals surface area contributed by atoms with E-state index in [-0.39, 0.29) is 18.1 Å². The Kier molecular flexibility index (Phi) is 4.04. The molecule has 0 fully saturated rings. The summed E-state index contributed by atoms with van der Waals surface area (Å²) in [5.41, 5.74) is 3.89. The summed E-state index contributed by atoms with van der Waals surface area (Å²) in [6, 6.07) is 7.23. The van der Waals surface area contributed by atoms with Crippen LogP contribution >= 0.6 is 0 Å². The zero-order valence-corrected chi connectivity index (χ0v) is 13.4. The lowest BCUT2D eigenvalue weighted by Gasteiger charge is -2.07. The van der Waals surface area contributed by atoms with Crippen LogP contribution in [0.4, 0.5) is 0 Å². The molecule has 0 radical (unpaired) electrons. The van der Waals surface area contributed by atoms with E-state index in [1.807, 2.05) is 26.0 Å². The number of benzene rings is 1. The molecule has 0 spiro atoms. The summed E-state index contributed by atoms with van der Waals surface area (Å²) < 4.78 is 0. The van der Waals surface area contributed by atoms with Crippen LogP contribution in [-0.4, -0.2) is 27.0 Å². The Hall–Kier alpha value is -3.15. The van der Waals surface area contributed by atoms with Gasteiger partial charge in [-0.15, -0.1) is 0 Å². The third-order valence-corrected chi connectivity index (χ3v) is 3.91. The zero-order valence-electron chi connectivity index (χ0n) is 13.4. The normalized spacial score (nSPS) is 10.8. The average Bonchev–Trinajstić information content (AvgIpc) is 2.92. The van der Waals surface area contributed by atoms with Gasteiger partial charge in [-0.05, 0) is 43.2 Å². The largest absolute Gasteiger partial charge is 0.477 e. The highest BCUT2D eigenvalue weighted by atomic mass is 16.4. The zero-order chi connectivity index (χ0) is 17.3. The van der Waals surface area contributed by atoms with E-state index < -0.39 is 5.97 Å². The number of nitrogens with zero attached hydrogens (tertiary/aromatic N) is 1. The van der Waals surface area contributed by atoms with Gasteiger partial charge in [0.25, 0.3) is 5.91 Å². The SMILES string of the molecule is Cc1cc(C)c2c(CNC(=O)c3cccnc3)c(C(=O)O)[nH]c2c1. The van der Waals surface area contributed by atoms with Gasteiger partial charge in [0.15, 0.2) is 0 Å². The molecule has 0 aliphatic heterocycles. The van der Waals surface area contributed by atoms with Gasteiger partial charge in [0, 0.05) is 35.4 Å². The quantitative estimate of drug-likeness (QED) is 0.688. The number of hydrogen-bond donors (Lipinski definition) is 3. The Balaban J connectivity index is 1.97. The van der Waals surface area contributed by atoms with E-state index in [0.29, 0.717) is 11.1 Å². The van der Waals surface area contributed by atoms with E-state index in [9.17, 15) is 14.7 Å². The Morgan fingerprint density at radius 2 is 2.08 bits per heavy atom. The van der Waals surface area contributed by atoms with Crippen LogP contribution in [0.15, 0.2) is 36.7 Å². The fraction of sp³-hybridized carbons (Fsp3) is 0.167. The van der Waals surface area contributed by atoms with Crippen molar-refractivity contribution < 1.29 is 14.7 Å². The lowest BCUT2D eigenvalue weighted by molar-refractivity contribution is 0.0689. The molecule has 1 aromatic carbocycles. The minimum atomic E-state index is -1.05. The lowest BCUT2D eigenvalue weighted by atomic mass is 10.0. The molecule has 0 bridgehead atoms. The molecule has 3 rings (SSSR count). The summed E-state index contributed by atoms with van der Waals surface area (Å²) in [5, 5.41) is 13.1. The van der Waals surface area contributed by atoms with Crippen LogP contribution in [-0.2, 0) is 6.54 Å². The number of amides is 1. The summed E-state index contributed by atoms with van der Waals surface area (Å²) in [7, 11) is 0. The van der Waals surface area contributed by atoms with Gasteiger partial charge in [-0.1, -0.05) is 6.07 Å². The van der Waals surface area contributed by atoms with Gasteiger partial charge in [0.2, 0.25) is 0 Å². The van der Waals surface area contributed by atoms with Crippen LogP contribution in [0.1, 0.15) is 37.5 Å². The van der Waals surface area contributed by atoms with Crippen LogP contribution in [0.2, 0.25) is 0 Å². The van der Waals surface area contributed by atoms with Gasteiger partial charge >= 0.3 is 5.97 Å². The molecule has 3 aromatic rings. The van der Waals surface area contributed by atoms with Crippen LogP contribution in [0, 0.1) is 13.8 Å². The molecule has 0 aliphatic carbocycles. The van der Waals surface area contributed by atoms with Crippen molar-refractivity contribution in [2.45, 2.75) is 20.4 Å². The smallest absolute Gasteiger partial charge is 0.352 e. The maximum absolute atomic E-state index is 12.2. The Bertz CT molecular complexity index is 930. The number of aromatic nitrogens is 2. The van der Waals surface area contributed by atoms with Crippen molar-refractivity contribution in [2.24, 2.45) is 0 Å². The van der Waals surface area contributed by atoms with E-state index in [1.165, 1.54) is 6.20 Å². The van der Waals surface area contributed by atoms with Crippen molar-refractivity contribution in [3.63, 3.8) is 0 Å². The van der Waals surface area contributed by atoms with Crippen molar-refractivity contribution in [2.75, 3.05) is 0 Å². The number of carboxylic acids is 1. The first-order valence-corrected chi connectivity index (χ1v) is 7.50. The van der Waals surface area contributed by atoms with E-state index in [2.05, 4.69) is 15.3 Å². The van der Waals surface area contributed by atoms with Crippen molar-refractivity contribution in [3.05, 3.63) is 64.6 Å². The molecule has 2 aromatic heterocycles. The second-order valence-electron chi connectivity index (χ2n) is 5.71. The molecule has 0 saturated carbocycles. The number of fused-ring (bicyclic) bond motifs is 1. The van der Waals surface area contributed by atoms with E-state index >= 15 is 0 Å². The summed E-state index contributed by atoms with van der Waals surface area (Å²) in [5.74, 6) is -1.34. The number of nitrogens with one attached hydrogen (secondary N) is 2. The Labute approximate surface area is 138 Å². The molecule has 0 unspecified atom stereocenters. The Morgan fingerprint density at radius 3 is 2.75 bits per heavy atom. The van der Waals surface area contributed by atoms with Crippen molar-refractivity contribution in [1.29, 1.82) is 0 Å². The minimum Gasteiger partial charge on any atom is -0.477 e. The molecule has 0 aliphatic rings. The minimum absolute atomic E-state index is 0.102. The lowest BCUT2D eigenvalue weighted by Crippen LogP contribution is -2.23. The number of aryl methyl sites for hydroxylation is 2. The molecule has 0 saturated heterocycles. The molecule has 6 nitrogen and oxygen atoms in total. The van der Waals surface area contributed by atoms with Crippen LogP contribution in [0.3, 0.4) is 0 Å². The number of aromatic amines is 1. The summed E-state index contributed by atoms with van der Waals surface area (Å²) >= 11 is 0. The first-order chi connectivity index (χ1) is 11.5. The third kappa shape index (κ3) is 2.86. The number of rotatable bonds is 4. The molecule has 2 heterocycles. The van der Waals surface area contributed by atoms with Crippen molar-refractivity contribution >= 4 is 22.8 Å². The number of H-pyrrole nitrogens is 1. The van der Waals surface area contributed by atoms with Crippen molar-refractivity contribution in [3.8, 4) is 0 Å². The number of carbonyl (C=O) groups is 2. The van der Waals surface area contributed by atoms with Crippen LogP contribution < -0.4 is 5.32 Å². The fourth-order valence-corrected chi connectivity index (χ4v) is 2.93. The fourth-order valence-electron chi connectivity index (χ4n) is 2.93. The predicted octanol–water partition coefficient (Wildman–Crippen LogP) is 2.81. The molecule has 24 heavy (non-hydrogen) atoms. The monoisotopic (exact) mass is 323 g/mol. The molecule has 3 N–H and O–H groups in total. The van der Waals surface area contributed by atoms with Gasteiger partial charge in [0.1, 0.15) is 5.69 Å². The number of hydrogen-bond acceptors (Lipinski definition) is 3. The number of pyridine rings is 1. The molecule has 1 amide bonds. The van der Waals surface area contributed by atoms with E-state index in [1.54, 1.807) is 18.3 Å². The first kappa shape index (κ1) is 15.7.